The Labute approximate surface area is 94.8 Å². The predicted molar refractivity (Wildman–Crippen MR) is 59.6 cm³/mol. The lowest BCUT2D eigenvalue weighted by atomic mass is 10.1. The molecule has 0 saturated carbocycles. The lowest BCUT2D eigenvalue weighted by Gasteiger charge is -2.08. The Kier molecular flexibility index (Phi) is 4.34. The molecule has 1 aromatic rings. The van der Waals surface area contributed by atoms with Crippen molar-refractivity contribution in [3.8, 4) is 6.07 Å². The Morgan fingerprint density at radius 1 is 1.50 bits per heavy atom. The van der Waals surface area contributed by atoms with Crippen LogP contribution in [0.3, 0.4) is 0 Å². The molecule has 1 rings (SSSR count). The van der Waals surface area contributed by atoms with E-state index in [0.29, 0.717) is 6.54 Å². The number of hydrogen-bond donors (Lipinski definition) is 1. The van der Waals surface area contributed by atoms with E-state index in [0.717, 1.165) is 5.56 Å². The third-order valence-electron chi connectivity index (χ3n) is 2.02. The van der Waals surface area contributed by atoms with Gasteiger partial charge in [-0.15, -0.1) is 0 Å². The van der Waals surface area contributed by atoms with Gasteiger partial charge in [-0.1, -0.05) is 29.8 Å². The zero-order valence-electron chi connectivity index (χ0n) is 9.36. The van der Waals surface area contributed by atoms with E-state index < -0.39 is 12.2 Å². The molecule has 1 amide bonds. The van der Waals surface area contributed by atoms with Crippen molar-refractivity contribution >= 4 is 6.09 Å². The van der Waals surface area contributed by atoms with E-state index in [1.807, 2.05) is 37.3 Å². The van der Waals surface area contributed by atoms with Gasteiger partial charge >= 0.3 is 6.09 Å². The molecule has 1 aromatic carbocycles. The molecular formula is C12H14N2O2. The fourth-order valence-electron chi connectivity index (χ4n) is 1.11. The highest BCUT2D eigenvalue weighted by Gasteiger charge is 2.06. The number of carbonyl (C=O) groups excluding carboxylic acids is 1. The molecule has 4 heteroatoms. The lowest BCUT2D eigenvalue weighted by Crippen LogP contribution is -2.26. The first-order chi connectivity index (χ1) is 7.61. The number of amides is 1. The minimum atomic E-state index is -0.724. The van der Waals surface area contributed by atoms with Crippen LogP contribution in [-0.4, -0.2) is 12.2 Å². The smallest absolute Gasteiger partial charge is 0.408 e. The Bertz CT molecular complexity index is 392. The largest absolute Gasteiger partial charge is 0.431 e. The Morgan fingerprint density at radius 3 is 2.69 bits per heavy atom. The summed E-state index contributed by atoms with van der Waals surface area (Å²) in [6, 6.07) is 9.63. The maximum atomic E-state index is 11.2. The van der Waals surface area contributed by atoms with Crippen molar-refractivity contribution < 1.29 is 9.53 Å². The second-order valence-electron chi connectivity index (χ2n) is 3.52. The maximum absolute atomic E-state index is 11.2. The highest BCUT2D eigenvalue weighted by molar-refractivity contribution is 5.67. The second kappa shape index (κ2) is 5.76. The molecule has 84 valence electrons. The molecule has 0 aliphatic carbocycles. The standard InChI is InChI=1S/C12H14N2O2/c1-9-3-5-11(6-4-9)8-14-12(15)16-10(2)7-13/h3-6,10H,8H2,1-2H3,(H,14,15). The molecule has 0 spiro atoms. The van der Waals surface area contributed by atoms with E-state index in [2.05, 4.69) is 5.32 Å². The predicted octanol–water partition coefficient (Wildman–Crippen LogP) is 2.13. The van der Waals surface area contributed by atoms with Crippen molar-refractivity contribution in [2.24, 2.45) is 0 Å². The van der Waals surface area contributed by atoms with Crippen LogP contribution in [-0.2, 0) is 11.3 Å². The van der Waals surface area contributed by atoms with Gasteiger partial charge in [0.05, 0.1) is 0 Å². The molecular weight excluding hydrogens is 204 g/mol. The Balaban J connectivity index is 2.38. The molecule has 0 radical (unpaired) electrons. The number of ether oxygens (including phenoxy) is 1. The van der Waals surface area contributed by atoms with Gasteiger partial charge in [0.2, 0.25) is 0 Å². The van der Waals surface area contributed by atoms with Crippen molar-refractivity contribution in [3.05, 3.63) is 35.4 Å². The van der Waals surface area contributed by atoms with Crippen LogP contribution in [0.1, 0.15) is 18.1 Å². The summed E-state index contributed by atoms with van der Waals surface area (Å²) in [5.41, 5.74) is 2.16. The fraction of sp³-hybridized carbons (Fsp3) is 0.333. The molecule has 0 bridgehead atoms. The van der Waals surface area contributed by atoms with Crippen LogP contribution in [0.4, 0.5) is 4.79 Å². The summed E-state index contributed by atoms with van der Waals surface area (Å²) >= 11 is 0. The zero-order chi connectivity index (χ0) is 12.0. The number of carbonyl (C=O) groups is 1. The van der Waals surface area contributed by atoms with E-state index >= 15 is 0 Å². The number of hydrogen-bond acceptors (Lipinski definition) is 3. The van der Waals surface area contributed by atoms with E-state index in [-0.39, 0.29) is 0 Å². The van der Waals surface area contributed by atoms with E-state index in [9.17, 15) is 4.79 Å². The Hall–Kier alpha value is -2.02. The maximum Gasteiger partial charge on any atom is 0.408 e. The van der Waals surface area contributed by atoms with Crippen LogP contribution >= 0.6 is 0 Å². The van der Waals surface area contributed by atoms with Gasteiger partial charge in [0.15, 0.2) is 6.10 Å². The number of nitrogens with one attached hydrogen (secondary N) is 1. The monoisotopic (exact) mass is 218 g/mol. The normalized spacial score (nSPS) is 11.3. The quantitative estimate of drug-likeness (QED) is 0.845. The van der Waals surface area contributed by atoms with Gasteiger partial charge < -0.3 is 10.1 Å². The molecule has 4 nitrogen and oxygen atoms in total. The third kappa shape index (κ3) is 4.01. The number of aryl methyl sites for hydroxylation is 1. The average Bonchev–Trinajstić information content (AvgIpc) is 2.28. The summed E-state index contributed by atoms with van der Waals surface area (Å²) in [6.45, 7) is 3.92. The van der Waals surface area contributed by atoms with Crippen LogP contribution in [0.2, 0.25) is 0 Å². The molecule has 0 aliphatic rings. The first-order valence-electron chi connectivity index (χ1n) is 5.01. The van der Waals surface area contributed by atoms with Crippen molar-refractivity contribution in [2.45, 2.75) is 26.5 Å². The van der Waals surface area contributed by atoms with Crippen molar-refractivity contribution in [1.29, 1.82) is 5.26 Å². The van der Waals surface area contributed by atoms with Crippen LogP contribution in [0.15, 0.2) is 24.3 Å². The van der Waals surface area contributed by atoms with Crippen LogP contribution in [0.5, 0.6) is 0 Å². The fourth-order valence-corrected chi connectivity index (χ4v) is 1.11. The summed E-state index contributed by atoms with van der Waals surface area (Å²) in [4.78, 5) is 11.2. The number of rotatable bonds is 3. The molecule has 0 saturated heterocycles. The third-order valence-corrected chi connectivity index (χ3v) is 2.02. The summed E-state index contributed by atoms with van der Waals surface area (Å²) in [7, 11) is 0. The highest BCUT2D eigenvalue weighted by atomic mass is 16.6. The van der Waals surface area contributed by atoms with Crippen molar-refractivity contribution in [2.75, 3.05) is 0 Å². The highest BCUT2D eigenvalue weighted by Crippen LogP contribution is 2.02. The summed E-state index contributed by atoms with van der Waals surface area (Å²) < 4.78 is 4.73. The van der Waals surface area contributed by atoms with Gasteiger partial charge in [-0.2, -0.15) is 5.26 Å². The minimum Gasteiger partial charge on any atom is -0.431 e. The molecule has 1 unspecified atom stereocenters. The first-order valence-corrected chi connectivity index (χ1v) is 5.01. The molecule has 0 fully saturated rings. The topological polar surface area (TPSA) is 62.1 Å². The van der Waals surface area contributed by atoms with Gasteiger partial charge in [-0.05, 0) is 19.4 Å². The van der Waals surface area contributed by atoms with E-state index in [4.69, 9.17) is 10.00 Å². The van der Waals surface area contributed by atoms with E-state index in [1.165, 1.54) is 12.5 Å². The van der Waals surface area contributed by atoms with Gasteiger partial charge in [0, 0.05) is 6.54 Å². The number of nitriles is 1. The lowest BCUT2D eigenvalue weighted by molar-refractivity contribution is 0.129. The molecule has 1 atom stereocenters. The first kappa shape index (κ1) is 12.1. The molecule has 1 N–H and O–H groups in total. The minimum absolute atomic E-state index is 0.400. The van der Waals surface area contributed by atoms with Crippen LogP contribution in [0.25, 0.3) is 0 Å². The van der Waals surface area contributed by atoms with Crippen LogP contribution in [0, 0.1) is 18.3 Å². The van der Waals surface area contributed by atoms with Gasteiger partial charge in [-0.3, -0.25) is 0 Å². The van der Waals surface area contributed by atoms with Gasteiger partial charge in [0.1, 0.15) is 6.07 Å². The average molecular weight is 218 g/mol. The van der Waals surface area contributed by atoms with Gasteiger partial charge in [-0.25, -0.2) is 4.79 Å². The molecule has 0 aliphatic heterocycles. The molecule has 0 heterocycles. The van der Waals surface area contributed by atoms with Crippen LogP contribution < -0.4 is 5.32 Å². The van der Waals surface area contributed by atoms with Crippen molar-refractivity contribution in [1.82, 2.24) is 5.32 Å². The molecule has 0 aromatic heterocycles. The summed E-state index contributed by atoms with van der Waals surface area (Å²) in [6.07, 6.45) is -1.30. The second-order valence-corrected chi connectivity index (χ2v) is 3.52. The van der Waals surface area contributed by atoms with Crippen molar-refractivity contribution in [3.63, 3.8) is 0 Å². The SMILES string of the molecule is Cc1ccc(CNC(=O)OC(C)C#N)cc1. The summed E-state index contributed by atoms with van der Waals surface area (Å²) in [5.74, 6) is 0. The zero-order valence-corrected chi connectivity index (χ0v) is 9.36. The van der Waals surface area contributed by atoms with E-state index in [1.54, 1.807) is 0 Å². The Morgan fingerprint density at radius 2 is 2.12 bits per heavy atom. The van der Waals surface area contributed by atoms with Gasteiger partial charge in [0.25, 0.3) is 0 Å². The number of nitrogens with zero attached hydrogens (tertiary/aromatic N) is 1. The number of benzene rings is 1. The number of alkyl carbamates (subject to hydrolysis) is 1. The summed E-state index contributed by atoms with van der Waals surface area (Å²) in [5, 5.41) is 11.0. The molecule has 16 heavy (non-hydrogen) atoms.